The Morgan fingerprint density at radius 1 is 0.917 bits per heavy atom. The molecule has 0 aliphatic carbocycles. The Hall–Kier alpha value is -1.18. The van der Waals surface area contributed by atoms with Crippen LogP contribution in [0.2, 0.25) is 0 Å². The van der Waals surface area contributed by atoms with E-state index in [4.69, 9.17) is 14.2 Å². The minimum absolute atomic E-state index is 0. The summed E-state index contributed by atoms with van der Waals surface area (Å²) in [5.41, 5.74) is 2.38. The maximum atomic E-state index is 5.46. The van der Waals surface area contributed by atoms with Crippen LogP contribution in [0.1, 0.15) is 11.1 Å². The molecule has 0 bridgehead atoms. The van der Waals surface area contributed by atoms with Crippen molar-refractivity contribution in [2.24, 2.45) is 0 Å². The minimum atomic E-state index is 0. The normalized spacial score (nSPS) is 10.0. The number of hydrogen-bond acceptors (Lipinski definition) is 4. The van der Waals surface area contributed by atoms with Gasteiger partial charge in [0.05, 0.1) is 24.9 Å². The van der Waals surface area contributed by atoms with Crippen molar-refractivity contribution in [3.05, 3.63) is 51.1 Å². The topological polar surface area (TPSA) is 39.7 Å². The molecule has 0 atom stereocenters. The SMILES string of the molecule is COc1ccc(CNCCc2cc(OC)c(I)cc2OC)cc1.Cl. The third kappa shape index (κ3) is 5.72. The summed E-state index contributed by atoms with van der Waals surface area (Å²) in [6.07, 6.45) is 0.882. The summed E-state index contributed by atoms with van der Waals surface area (Å²) in [6, 6.07) is 12.2. The van der Waals surface area contributed by atoms with Crippen molar-refractivity contribution in [2.45, 2.75) is 13.0 Å². The van der Waals surface area contributed by atoms with Crippen LogP contribution in [-0.2, 0) is 13.0 Å². The molecular formula is C18H23ClINO3. The van der Waals surface area contributed by atoms with Gasteiger partial charge in [0, 0.05) is 6.54 Å². The second kappa shape index (κ2) is 10.6. The standard InChI is InChI=1S/C18H22INO3.ClH/c1-21-15-6-4-13(5-7-15)12-20-9-8-14-10-18(23-3)16(19)11-17(14)22-2;/h4-7,10-11,20H,8-9,12H2,1-3H3;1H. The lowest BCUT2D eigenvalue weighted by atomic mass is 10.1. The quantitative estimate of drug-likeness (QED) is 0.473. The average molecular weight is 464 g/mol. The van der Waals surface area contributed by atoms with Gasteiger partial charge < -0.3 is 19.5 Å². The molecule has 0 saturated carbocycles. The lowest BCUT2D eigenvalue weighted by Gasteiger charge is -2.13. The molecule has 0 aliphatic heterocycles. The van der Waals surface area contributed by atoms with E-state index in [1.54, 1.807) is 21.3 Å². The van der Waals surface area contributed by atoms with E-state index < -0.39 is 0 Å². The van der Waals surface area contributed by atoms with Crippen molar-refractivity contribution in [2.75, 3.05) is 27.9 Å². The molecule has 4 nitrogen and oxygen atoms in total. The predicted molar refractivity (Wildman–Crippen MR) is 108 cm³/mol. The van der Waals surface area contributed by atoms with E-state index in [1.807, 2.05) is 18.2 Å². The van der Waals surface area contributed by atoms with Gasteiger partial charge in [-0.05, 0) is 70.9 Å². The number of hydrogen-bond donors (Lipinski definition) is 1. The number of rotatable bonds is 8. The van der Waals surface area contributed by atoms with E-state index in [-0.39, 0.29) is 12.4 Å². The zero-order valence-electron chi connectivity index (χ0n) is 14.1. The molecule has 2 rings (SSSR count). The molecule has 2 aromatic rings. The Morgan fingerprint density at radius 2 is 1.58 bits per heavy atom. The highest BCUT2D eigenvalue weighted by Crippen LogP contribution is 2.30. The molecule has 0 saturated heterocycles. The first-order chi connectivity index (χ1) is 11.2. The minimum Gasteiger partial charge on any atom is -0.497 e. The first-order valence-electron chi connectivity index (χ1n) is 7.42. The van der Waals surface area contributed by atoms with E-state index in [2.05, 4.69) is 46.1 Å². The van der Waals surface area contributed by atoms with Gasteiger partial charge in [0.25, 0.3) is 0 Å². The fourth-order valence-electron chi connectivity index (χ4n) is 2.32. The molecule has 0 aliphatic rings. The van der Waals surface area contributed by atoms with Crippen molar-refractivity contribution in [1.82, 2.24) is 5.32 Å². The van der Waals surface area contributed by atoms with E-state index in [9.17, 15) is 0 Å². The third-order valence-corrected chi connectivity index (χ3v) is 4.46. The number of nitrogens with one attached hydrogen (secondary N) is 1. The molecule has 132 valence electrons. The maximum absolute atomic E-state index is 5.46. The summed E-state index contributed by atoms with van der Waals surface area (Å²) >= 11 is 2.25. The van der Waals surface area contributed by atoms with Crippen molar-refractivity contribution in [3.63, 3.8) is 0 Å². The Kier molecular flexibility index (Phi) is 9.25. The van der Waals surface area contributed by atoms with Crippen molar-refractivity contribution in [3.8, 4) is 17.2 Å². The highest BCUT2D eigenvalue weighted by molar-refractivity contribution is 14.1. The fourth-order valence-corrected chi connectivity index (χ4v) is 2.98. The van der Waals surface area contributed by atoms with Crippen molar-refractivity contribution in [1.29, 1.82) is 0 Å². The highest BCUT2D eigenvalue weighted by Gasteiger charge is 2.09. The summed E-state index contributed by atoms with van der Waals surface area (Å²) in [6.45, 7) is 1.69. The Labute approximate surface area is 163 Å². The van der Waals surface area contributed by atoms with Crippen LogP contribution < -0.4 is 19.5 Å². The number of methoxy groups -OCH3 is 3. The second-order valence-corrected chi connectivity index (χ2v) is 6.24. The van der Waals surface area contributed by atoms with Gasteiger partial charge in [-0.25, -0.2) is 0 Å². The first-order valence-corrected chi connectivity index (χ1v) is 8.50. The molecule has 6 heteroatoms. The molecule has 0 radical (unpaired) electrons. The molecule has 0 unspecified atom stereocenters. The monoisotopic (exact) mass is 463 g/mol. The molecule has 0 fully saturated rings. The van der Waals surface area contributed by atoms with Crippen LogP contribution in [0.15, 0.2) is 36.4 Å². The lowest BCUT2D eigenvalue weighted by Crippen LogP contribution is -2.17. The van der Waals surface area contributed by atoms with Crippen LogP contribution in [0.25, 0.3) is 0 Å². The lowest BCUT2D eigenvalue weighted by molar-refractivity contribution is 0.396. The zero-order chi connectivity index (χ0) is 16.7. The van der Waals surface area contributed by atoms with E-state index in [0.717, 1.165) is 45.9 Å². The summed E-state index contributed by atoms with van der Waals surface area (Å²) in [5, 5.41) is 3.45. The Bertz CT molecular complexity index is 635. The average Bonchev–Trinajstić information content (AvgIpc) is 2.59. The van der Waals surface area contributed by atoms with Gasteiger partial charge in [-0.15, -0.1) is 12.4 Å². The predicted octanol–water partition coefficient (Wildman–Crippen LogP) is 4.07. The summed E-state index contributed by atoms with van der Waals surface area (Å²) in [7, 11) is 5.07. The third-order valence-electron chi connectivity index (χ3n) is 3.61. The maximum Gasteiger partial charge on any atom is 0.132 e. The second-order valence-electron chi connectivity index (χ2n) is 5.07. The molecule has 0 heterocycles. The van der Waals surface area contributed by atoms with Crippen molar-refractivity contribution < 1.29 is 14.2 Å². The summed E-state index contributed by atoms with van der Waals surface area (Å²) in [4.78, 5) is 0. The molecule has 24 heavy (non-hydrogen) atoms. The Morgan fingerprint density at radius 3 is 2.17 bits per heavy atom. The molecule has 0 amide bonds. The van der Waals surface area contributed by atoms with E-state index in [0.29, 0.717) is 0 Å². The van der Waals surface area contributed by atoms with Crippen molar-refractivity contribution >= 4 is 35.0 Å². The fraction of sp³-hybridized carbons (Fsp3) is 0.333. The zero-order valence-corrected chi connectivity index (χ0v) is 17.1. The molecular weight excluding hydrogens is 441 g/mol. The summed E-state index contributed by atoms with van der Waals surface area (Å²) in [5.74, 6) is 2.67. The van der Waals surface area contributed by atoms with Gasteiger partial charge in [-0.2, -0.15) is 0 Å². The Balaban J connectivity index is 0.00000288. The van der Waals surface area contributed by atoms with Gasteiger partial charge in [0.2, 0.25) is 0 Å². The van der Waals surface area contributed by atoms with Gasteiger partial charge in [0.1, 0.15) is 17.2 Å². The summed E-state index contributed by atoms with van der Waals surface area (Å²) < 4.78 is 17.1. The highest BCUT2D eigenvalue weighted by atomic mass is 127. The number of halogens is 2. The van der Waals surface area contributed by atoms with Gasteiger partial charge in [-0.1, -0.05) is 12.1 Å². The largest absolute Gasteiger partial charge is 0.497 e. The number of ether oxygens (including phenoxy) is 3. The first kappa shape index (κ1) is 20.9. The molecule has 0 aromatic heterocycles. The number of benzene rings is 2. The van der Waals surface area contributed by atoms with Crippen LogP contribution in [0, 0.1) is 3.57 Å². The van der Waals surface area contributed by atoms with E-state index in [1.165, 1.54) is 5.56 Å². The molecule has 0 spiro atoms. The van der Waals surface area contributed by atoms with Crippen LogP contribution in [0.4, 0.5) is 0 Å². The van der Waals surface area contributed by atoms with Crippen LogP contribution in [0.5, 0.6) is 17.2 Å². The van der Waals surface area contributed by atoms with Gasteiger partial charge >= 0.3 is 0 Å². The molecule has 2 aromatic carbocycles. The smallest absolute Gasteiger partial charge is 0.132 e. The van der Waals surface area contributed by atoms with Crippen LogP contribution in [0.3, 0.4) is 0 Å². The van der Waals surface area contributed by atoms with E-state index >= 15 is 0 Å². The van der Waals surface area contributed by atoms with Crippen LogP contribution >= 0.6 is 35.0 Å². The van der Waals surface area contributed by atoms with Gasteiger partial charge in [-0.3, -0.25) is 0 Å². The van der Waals surface area contributed by atoms with Crippen LogP contribution in [-0.4, -0.2) is 27.9 Å². The van der Waals surface area contributed by atoms with Gasteiger partial charge in [0.15, 0.2) is 0 Å². The molecule has 1 N–H and O–H groups in total.